The summed E-state index contributed by atoms with van der Waals surface area (Å²) < 4.78 is 0. The lowest BCUT2D eigenvalue weighted by atomic mass is 9.86. The van der Waals surface area contributed by atoms with Crippen molar-refractivity contribution in [1.82, 2.24) is 4.90 Å². The second kappa shape index (κ2) is 8.02. The molecule has 0 spiro atoms. The first kappa shape index (κ1) is 20.6. The maximum absolute atomic E-state index is 13.7. The lowest BCUT2D eigenvalue weighted by molar-refractivity contribution is -0.129. The Labute approximate surface area is 190 Å². The summed E-state index contributed by atoms with van der Waals surface area (Å²) in [5.41, 5.74) is 7.22. The molecule has 5 rings (SSSR count). The summed E-state index contributed by atoms with van der Waals surface area (Å²) in [5.74, 6) is -4.22. The first-order valence-electron chi connectivity index (χ1n) is 10.7. The number of hydrogen-bond acceptors (Lipinski definition) is 4. The Bertz CT molecular complexity index is 1230. The molecular weight excluding hydrogens is 418 g/mol. The first-order chi connectivity index (χ1) is 16.0. The van der Waals surface area contributed by atoms with Crippen LogP contribution in [0.25, 0.3) is 0 Å². The van der Waals surface area contributed by atoms with Crippen molar-refractivity contribution < 1.29 is 19.2 Å². The van der Waals surface area contributed by atoms with Crippen LogP contribution in [0, 0.1) is 11.8 Å². The van der Waals surface area contributed by atoms with Crippen molar-refractivity contribution in [3.05, 3.63) is 102 Å². The van der Waals surface area contributed by atoms with Crippen LogP contribution in [-0.2, 0) is 14.4 Å². The molecule has 7 heteroatoms. The number of likely N-dealkylation sites (tertiary alicyclic amines) is 1. The summed E-state index contributed by atoms with van der Waals surface area (Å²) in [6, 6.07) is 24.0. The van der Waals surface area contributed by atoms with Crippen molar-refractivity contribution in [1.29, 1.82) is 0 Å². The number of rotatable bonds is 4. The predicted octanol–water partition coefficient (Wildman–Crippen LogP) is 2.54. The van der Waals surface area contributed by atoms with E-state index in [2.05, 4.69) is 0 Å². The number of fused-ring (bicyclic) bond motifs is 1. The van der Waals surface area contributed by atoms with Crippen LogP contribution in [0.4, 0.5) is 5.69 Å². The number of imide groups is 1. The Morgan fingerprint density at radius 3 is 1.79 bits per heavy atom. The minimum atomic E-state index is -1.25. The third-order valence-electron chi connectivity index (χ3n) is 6.38. The lowest BCUT2D eigenvalue weighted by Crippen LogP contribution is -2.50. The molecule has 7 nitrogen and oxygen atoms in total. The average molecular weight is 439 g/mol. The molecule has 2 saturated heterocycles. The molecule has 0 saturated carbocycles. The van der Waals surface area contributed by atoms with E-state index in [4.69, 9.17) is 5.73 Å². The fourth-order valence-corrected chi connectivity index (χ4v) is 5.04. The van der Waals surface area contributed by atoms with Crippen molar-refractivity contribution >= 4 is 29.3 Å². The highest BCUT2D eigenvalue weighted by molar-refractivity contribution is 6.24. The van der Waals surface area contributed by atoms with Gasteiger partial charge in [-0.3, -0.25) is 19.2 Å². The fourth-order valence-electron chi connectivity index (χ4n) is 5.04. The molecule has 4 amide bonds. The fraction of sp³-hybridized carbons (Fsp3) is 0.154. The molecule has 0 aliphatic carbocycles. The van der Waals surface area contributed by atoms with Crippen LogP contribution in [0.2, 0.25) is 0 Å². The van der Waals surface area contributed by atoms with Gasteiger partial charge in [0.25, 0.3) is 5.91 Å². The number of primary amides is 1. The standard InChI is InChI=1S/C26H21N3O4/c27-23(30)22-20-19(25(32)28(26(20)33)18-14-8-3-9-15-18)21(16-10-4-1-5-11-16)29(22)24(31)17-12-6-2-7-13-17/h1-15,19-22H,(H2,27,30). The first-order valence-corrected chi connectivity index (χ1v) is 10.7. The van der Waals surface area contributed by atoms with Crippen molar-refractivity contribution in [2.45, 2.75) is 12.1 Å². The van der Waals surface area contributed by atoms with Crippen molar-refractivity contribution in [3.8, 4) is 0 Å². The van der Waals surface area contributed by atoms with Crippen LogP contribution in [-0.4, -0.2) is 34.6 Å². The molecule has 3 aromatic rings. The Morgan fingerprint density at radius 2 is 1.21 bits per heavy atom. The number of hydrogen-bond donors (Lipinski definition) is 1. The Kier molecular flexibility index (Phi) is 5.01. The van der Waals surface area contributed by atoms with E-state index in [0.29, 0.717) is 16.8 Å². The number of carbonyl (C=O) groups is 4. The number of para-hydroxylation sites is 1. The number of anilines is 1. The lowest BCUT2D eigenvalue weighted by Gasteiger charge is -2.32. The Hall–Kier alpha value is -4.26. The van der Waals surface area contributed by atoms with Crippen molar-refractivity contribution in [2.75, 3.05) is 4.90 Å². The molecule has 2 aliphatic heterocycles. The van der Waals surface area contributed by atoms with E-state index in [0.717, 1.165) is 4.90 Å². The molecule has 0 aromatic heterocycles. The largest absolute Gasteiger partial charge is 0.368 e. The topological polar surface area (TPSA) is 101 Å². The quantitative estimate of drug-likeness (QED) is 0.632. The van der Waals surface area contributed by atoms with Gasteiger partial charge in [0.15, 0.2) is 0 Å². The van der Waals surface area contributed by atoms with E-state index in [1.165, 1.54) is 4.90 Å². The minimum Gasteiger partial charge on any atom is -0.368 e. The molecule has 33 heavy (non-hydrogen) atoms. The molecule has 4 unspecified atom stereocenters. The molecule has 2 heterocycles. The number of carbonyl (C=O) groups excluding carboxylic acids is 4. The van der Waals surface area contributed by atoms with Crippen LogP contribution >= 0.6 is 0 Å². The van der Waals surface area contributed by atoms with E-state index in [1.54, 1.807) is 84.9 Å². The van der Waals surface area contributed by atoms with Gasteiger partial charge >= 0.3 is 0 Å². The second-order valence-electron chi connectivity index (χ2n) is 8.18. The Balaban J connectivity index is 1.67. The van der Waals surface area contributed by atoms with E-state index in [-0.39, 0.29) is 0 Å². The highest BCUT2D eigenvalue weighted by Gasteiger charge is 2.65. The summed E-state index contributed by atoms with van der Waals surface area (Å²) in [7, 11) is 0. The summed E-state index contributed by atoms with van der Waals surface area (Å²) in [6.45, 7) is 0. The molecule has 2 aliphatic rings. The number of nitrogens with two attached hydrogens (primary N) is 1. The third kappa shape index (κ3) is 3.20. The van der Waals surface area contributed by atoms with E-state index in [1.807, 2.05) is 6.07 Å². The molecule has 0 bridgehead atoms. The molecule has 3 aromatic carbocycles. The number of amides is 4. The van der Waals surface area contributed by atoms with Gasteiger partial charge < -0.3 is 10.6 Å². The van der Waals surface area contributed by atoms with Gasteiger partial charge in [0.1, 0.15) is 6.04 Å². The van der Waals surface area contributed by atoms with Gasteiger partial charge in [-0.1, -0.05) is 66.7 Å². The zero-order valence-electron chi connectivity index (χ0n) is 17.6. The monoisotopic (exact) mass is 439 g/mol. The van der Waals surface area contributed by atoms with Gasteiger partial charge in [0, 0.05) is 5.56 Å². The maximum atomic E-state index is 13.7. The highest BCUT2D eigenvalue weighted by atomic mass is 16.2. The van der Waals surface area contributed by atoms with Crippen LogP contribution in [0.3, 0.4) is 0 Å². The average Bonchev–Trinajstić information content (AvgIpc) is 3.33. The molecule has 4 atom stereocenters. The van der Waals surface area contributed by atoms with E-state index in [9.17, 15) is 19.2 Å². The normalized spacial score (nSPS) is 24.1. The van der Waals surface area contributed by atoms with Crippen LogP contribution < -0.4 is 10.6 Å². The van der Waals surface area contributed by atoms with Gasteiger partial charge in [-0.05, 0) is 29.8 Å². The minimum absolute atomic E-state index is 0.351. The van der Waals surface area contributed by atoms with Gasteiger partial charge in [-0.15, -0.1) is 0 Å². The van der Waals surface area contributed by atoms with Crippen LogP contribution in [0.15, 0.2) is 91.0 Å². The third-order valence-corrected chi connectivity index (χ3v) is 6.38. The predicted molar refractivity (Wildman–Crippen MR) is 121 cm³/mol. The van der Waals surface area contributed by atoms with Gasteiger partial charge in [-0.2, -0.15) is 0 Å². The molecule has 0 radical (unpaired) electrons. The second-order valence-corrected chi connectivity index (χ2v) is 8.18. The van der Waals surface area contributed by atoms with E-state index < -0.39 is 47.5 Å². The van der Waals surface area contributed by atoms with Crippen molar-refractivity contribution in [3.63, 3.8) is 0 Å². The zero-order valence-corrected chi connectivity index (χ0v) is 17.6. The Morgan fingerprint density at radius 1 is 0.697 bits per heavy atom. The molecule has 2 fully saturated rings. The van der Waals surface area contributed by atoms with Gasteiger partial charge in [-0.25, -0.2) is 4.90 Å². The smallest absolute Gasteiger partial charge is 0.255 e. The molecule has 164 valence electrons. The van der Waals surface area contributed by atoms with Gasteiger partial charge in [0.2, 0.25) is 17.7 Å². The van der Waals surface area contributed by atoms with E-state index >= 15 is 0 Å². The molecule has 2 N–H and O–H groups in total. The SMILES string of the molecule is NC(=O)C1C2C(=O)N(c3ccccc3)C(=O)C2C(c2ccccc2)N1C(=O)c1ccccc1. The maximum Gasteiger partial charge on any atom is 0.255 e. The number of nitrogens with zero attached hydrogens (tertiary/aromatic N) is 2. The zero-order chi connectivity index (χ0) is 23.1. The van der Waals surface area contributed by atoms with Crippen LogP contribution in [0.1, 0.15) is 22.0 Å². The summed E-state index contributed by atoms with van der Waals surface area (Å²) in [6.07, 6.45) is 0. The number of benzene rings is 3. The van der Waals surface area contributed by atoms with Crippen molar-refractivity contribution in [2.24, 2.45) is 17.6 Å². The summed E-state index contributed by atoms with van der Waals surface area (Å²) in [5, 5.41) is 0. The summed E-state index contributed by atoms with van der Waals surface area (Å²) >= 11 is 0. The van der Waals surface area contributed by atoms with Gasteiger partial charge in [0.05, 0.1) is 23.6 Å². The summed E-state index contributed by atoms with van der Waals surface area (Å²) in [4.78, 5) is 56.0. The highest BCUT2D eigenvalue weighted by Crippen LogP contribution is 2.51. The molecular formula is C26H21N3O4. The van der Waals surface area contributed by atoms with Crippen LogP contribution in [0.5, 0.6) is 0 Å².